The van der Waals surface area contributed by atoms with Crippen molar-refractivity contribution in [2.24, 2.45) is 0 Å². The maximum absolute atomic E-state index is 11.7. The molecule has 96 valence electrons. The van der Waals surface area contributed by atoms with Crippen LogP contribution in [0.2, 0.25) is 5.02 Å². The molecule has 18 heavy (non-hydrogen) atoms. The van der Waals surface area contributed by atoms with Crippen molar-refractivity contribution in [3.05, 3.63) is 28.8 Å². The predicted octanol–water partition coefficient (Wildman–Crippen LogP) is 2.20. The molecule has 1 fully saturated rings. The molecule has 6 heteroatoms. The van der Waals surface area contributed by atoms with E-state index in [0.717, 1.165) is 6.42 Å². The van der Waals surface area contributed by atoms with E-state index in [-0.39, 0.29) is 11.0 Å². The molecule has 4 nitrogen and oxygen atoms in total. The van der Waals surface area contributed by atoms with Gasteiger partial charge in [0.05, 0.1) is 22.3 Å². The molecule has 0 saturated carbocycles. The van der Waals surface area contributed by atoms with E-state index in [4.69, 9.17) is 16.9 Å². The number of hydrogen-bond acceptors (Lipinski definition) is 4. The summed E-state index contributed by atoms with van der Waals surface area (Å²) in [7, 11) is -2.97. The standard InChI is InChI=1S/C12H13ClN2O2S/c13-10-4-3-9(7-14)12(6-10)15-8-11-2-1-5-18(11,16)17/h3-4,6,11,15H,1-2,5,8H2. The number of hydrogen-bond donors (Lipinski definition) is 1. The van der Waals surface area contributed by atoms with Crippen LogP contribution in [0.5, 0.6) is 0 Å². The molecule has 1 aromatic rings. The second-order valence-corrected chi connectivity index (χ2v) is 7.15. The second-order valence-electron chi connectivity index (χ2n) is 4.31. The highest BCUT2D eigenvalue weighted by Crippen LogP contribution is 2.23. The van der Waals surface area contributed by atoms with Crippen molar-refractivity contribution in [2.75, 3.05) is 17.6 Å². The molecule has 0 spiro atoms. The molecule has 0 bridgehead atoms. The third-order valence-corrected chi connectivity index (χ3v) is 5.60. The third-order valence-electron chi connectivity index (χ3n) is 3.09. The lowest BCUT2D eigenvalue weighted by molar-refractivity contribution is 0.591. The summed E-state index contributed by atoms with van der Waals surface area (Å²) in [6.07, 6.45) is 1.40. The second kappa shape index (κ2) is 5.17. The number of nitrogens with one attached hydrogen (secondary N) is 1. The van der Waals surface area contributed by atoms with Gasteiger partial charge in [0.2, 0.25) is 0 Å². The topological polar surface area (TPSA) is 70.0 Å². The van der Waals surface area contributed by atoms with E-state index < -0.39 is 9.84 Å². The van der Waals surface area contributed by atoms with Crippen molar-refractivity contribution in [1.82, 2.24) is 0 Å². The molecule has 0 aromatic heterocycles. The van der Waals surface area contributed by atoms with Crippen molar-refractivity contribution in [2.45, 2.75) is 18.1 Å². The van der Waals surface area contributed by atoms with E-state index in [1.165, 1.54) is 0 Å². The van der Waals surface area contributed by atoms with Crippen LogP contribution >= 0.6 is 11.6 Å². The molecule has 0 aliphatic carbocycles. The van der Waals surface area contributed by atoms with Gasteiger partial charge in [0, 0.05) is 11.6 Å². The molecule has 2 rings (SSSR count). The van der Waals surface area contributed by atoms with Gasteiger partial charge in [-0.2, -0.15) is 5.26 Å². The van der Waals surface area contributed by atoms with E-state index >= 15 is 0 Å². The summed E-state index contributed by atoms with van der Waals surface area (Å²) < 4.78 is 23.3. The van der Waals surface area contributed by atoms with Gasteiger partial charge in [-0.05, 0) is 31.0 Å². The van der Waals surface area contributed by atoms with Crippen molar-refractivity contribution in [3.63, 3.8) is 0 Å². The molecule has 0 radical (unpaired) electrons. The number of nitrogens with zero attached hydrogens (tertiary/aromatic N) is 1. The van der Waals surface area contributed by atoms with Crippen LogP contribution in [0.4, 0.5) is 5.69 Å². The molecular weight excluding hydrogens is 272 g/mol. The average Bonchev–Trinajstić information content (AvgIpc) is 2.66. The van der Waals surface area contributed by atoms with E-state index in [1.807, 2.05) is 6.07 Å². The first-order valence-electron chi connectivity index (χ1n) is 5.68. The zero-order valence-corrected chi connectivity index (χ0v) is 11.3. The van der Waals surface area contributed by atoms with Gasteiger partial charge in [0.25, 0.3) is 0 Å². The van der Waals surface area contributed by atoms with Crippen LogP contribution in [0.3, 0.4) is 0 Å². The Morgan fingerprint density at radius 1 is 1.50 bits per heavy atom. The number of sulfone groups is 1. The summed E-state index contributed by atoms with van der Waals surface area (Å²) >= 11 is 5.86. The highest BCUT2D eigenvalue weighted by Gasteiger charge is 2.30. The van der Waals surface area contributed by atoms with Gasteiger partial charge in [-0.3, -0.25) is 0 Å². The highest BCUT2D eigenvalue weighted by atomic mass is 35.5. The molecule has 1 aliphatic heterocycles. The van der Waals surface area contributed by atoms with Crippen LogP contribution in [-0.4, -0.2) is 26.0 Å². The normalized spacial score (nSPS) is 21.4. The van der Waals surface area contributed by atoms with Crippen molar-refractivity contribution in [3.8, 4) is 6.07 Å². The lowest BCUT2D eigenvalue weighted by Crippen LogP contribution is -2.25. The Balaban J connectivity index is 2.11. The largest absolute Gasteiger partial charge is 0.383 e. The molecule has 1 heterocycles. The zero-order valence-electron chi connectivity index (χ0n) is 9.69. The van der Waals surface area contributed by atoms with E-state index in [0.29, 0.717) is 29.2 Å². The van der Waals surface area contributed by atoms with Gasteiger partial charge in [-0.1, -0.05) is 11.6 Å². The highest BCUT2D eigenvalue weighted by molar-refractivity contribution is 7.92. The lowest BCUT2D eigenvalue weighted by Gasteiger charge is -2.13. The Bertz CT molecular complexity index is 593. The van der Waals surface area contributed by atoms with Gasteiger partial charge < -0.3 is 5.32 Å². The predicted molar refractivity (Wildman–Crippen MR) is 71.5 cm³/mol. The van der Waals surface area contributed by atoms with Crippen LogP contribution in [0.15, 0.2) is 18.2 Å². The summed E-state index contributed by atoms with van der Waals surface area (Å²) in [6, 6.07) is 6.94. The van der Waals surface area contributed by atoms with Gasteiger partial charge in [0.15, 0.2) is 9.84 Å². The molecule has 1 aromatic carbocycles. The first-order chi connectivity index (χ1) is 8.53. The van der Waals surface area contributed by atoms with E-state index in [9.17, 15) is 8.42 Å². The zero-order chi connectivity index (χ0) is 13.2. The van der Waals surface area contributed by atoms with Gasteiger partial charge in [0.1, 0.15) is 6.07 Å². The maximum atomic E-state index is 11.7. The van der Waals surface area contributed by atoms with Crippen LogP contribution in [-0.2, 0) is 9.84 Å². The molecule has 1 unspecified atom stereocenters. The number of rotatable bonds is 3. The quantitative estimate of drug-likeness (QED) is 0.924. The Kier molecular flexibility index (Phi) is 3.79. The Labute approximate surface area is 111 Å². The fourth-order valence-electron chi connectivity index (χ4n) is 2.07. The minimum Gasteiger partial charge on any atom is -0.383 e. The Hall–Kier alpha value is -1.25. The van der Waals surface area contributed by atoms with Crippen LogP contribution in [0.25, 0.3) is 0 Å². The number of anilines is 1. The van der Waals surface area contributed by atoms with E-state index in [1.54, 1.807) is 18.2 Å². The first-order valence-corrected chi connectivity index (χ1v) is 7.77. The Morgan fingerprint density at radius 3 is 2.89 bits per heavy atom. The number of benzene rings is 1. The summed E-state index contributed by atoms with van der Waals surface area (Å²) in [5, 5.41) is 12.1. The molecule has 1 aliphatic rings. The van der Waals surface area contributed by atoms with Gasteiger partial charge >= 0.3 is 0 Å². The minimum absolute atomic E-state index is 0.264. The number of halogens is 1. The fraction of sp³-hybridized carbons (Fsp3) is 0.417. The third kappa shape index (κ3) is 2.77. The summed E-state index contributed by atoms with van der Waals surface area (Å²) in [4.78, 5) is 0. The van der Waals surface area contributed by atoms with Gasteiger partial charge in [-0.25, -0.2) is 8.42 Å². The van der Waals surface area contributed by atoms with Crippen LogP contribution in [0, 0.1) is 11.3 Å². The molecule has 1 N–H and O–H groups in total. The first kappa shape index (κ1) is 13.2. The fourth-order valence-corrected chi connectivity index (χ4v) is 4.01. The van der Waals surface area contributed by atoms with Crippen LogP contribution < -0.4 is 5.32 Å². The maximum Gasteiger partial charge on any atom is 0.154 e. The molecule has 0 amide bonds. The van der Waals surface area contributed by atoms with Crippen molar-refractivity contribution >= 4 is 27.1 Å². The molecule has 1 saturated heterocycles. The van der Waals surface area contributed by atoms with Crippen molar-refractivity contribution in [1.29, 1.82) is 5.26 Å². The van der Waals surface area contributed by atoms with E-state index in [2.05, 4.69) is 5.32 Å². The SMILES string of the molecule is N#Cc1ccc(Cl)cc1NCC1CCCS1(=O)=O. The monoisotopic (exact) mass is 284 g/mol. The van der Waals surface area contributed by atoms with Crippen molar-refractivity contribution < 1.29 is 8.42 Å². The van der Waals surface area contributed by atoms with Crippen LogP contribution in [0.1, 0.15) is 18.4 Å². The summed E-state index contributed by atoms with van der Waals surface area (Å²) in [6.45, 7) is 0.331. The Morgan fingerprint density at radius 2 is 2.28 bits per heavy atom. The smallest absolute Gasteiger partial charge is 0.154 e. The summed E-state index contributed by atoms with van der Waals surface area (Å²) in [5.41, 5.74) is 1.06. The molecular formula is C12H13ClN2O2S. The minimum atomic E-state index is -2.97. The molecule has 1 atom stereocenters. The van der Waals surface area contributed by atoms with Gasteiger partial charge in [-0.15, -0.1) is 0 Å². The number of nitriles is 1. The average molecular weight is 285 g/mol. The lowest BCUT2D eigenvalue weighted by atomic mass is 10.2. The summed E-state index contributed by atoms with van der Waals surface area (Å²) in [5.74, 6) is 0.264.